The number of nitrogens with two attached hydrogens (primary N) is 1. The molecule has 2 nitrogen and oxygen atoms in total. The van der Waals surface area contributed by atoms with E-state index in [-0.39, 0.29) is 11.1 Å². The van der Waals surface area contributed by atoms with Crippen molar-refractivity contribution < 1.29 is 4.39 Å². The number of rotatable bonds is 3. The van der Waals surface area contributed by atoms with Crippen molar-refractivity contribution in [3.8, 4) is 0 Å². The molecule has 0 aliphatic heterocycles. The second-order valence-electron chi connectivity index (χ2n) is 4.98. The van der Waals surface area contributed by atoms with Crippen LogP contribution in [0.4, 0.5) is 4.39 Å². The predicted octanol–water partition coefficient (Wildman–Crippen LogP) is 4.27. The Morgan fingerprint density at radius 1 is 1.14 bits per heavy atom. The second kappa shape index (κ2) is 5.80. The first-order chi connectivity index (χ1) is 10.1. The number of hydrogen-bond donors (Lipinski definition) is 1. The Labute approximate surface area is 127 Å². The second-order valence-corrected chi connectivity index (χ2v) is 5.38. The highest BCUT2D eigenvalue weighted by atomic mass is 35.5. The predicted molar refractivity (Wildman–Crippen MR) is 83.8 cm³/mol. The van der Waals surface area contributed by atoms with Gasteiger partial charge in [-0.05, 0) is 41.8 Å². The molecule has 1 atom stereocenters. The Kier molecular flexibility index (Phi) is 3.86. The van der Waals surface area contributed by atoms with Crippen LogP contribution in [0.15, 0.2) is 54.7 Å². The van der Waals surface area contributed by atoms with Gasteiger partial charge in [-0.25, -0.2) is 4.39 Å². The molecular formula is C17H14ClFN2. The minimum atomic E-state index is -0.416. The van der Waals surface area contributed by atoms with Crippen LogP contribution in [0.5, 0.6) is 0 Å². The van der Waals surface area contributed by atoms with Gasteiger partial charge in [-0.1, -0.05) is 35.9 Å². The number of fused-ring (bicyclic) bond motifs is 1. The van der Waals surface area contributed by atoms with Gasteiger partial charge in [0.15, 0.2) is 0 Å². The van der Waals surface area contributed by atoms with Crippen molar-refractivity contribution in [3.63, 3.8) is 0 Å². The molecule has 106 valence electrons. The smallest absolute Gasteiger partial charge is 0.142 e. The lowest BCUT2D eigenvalue weighted by Crippen LogP contribution is -2.14. The first kappa shape index (κ1) is 14.0. The molecule has 1 unspecified atom stereocenters. The van der Waals surface area contributed by atoms with E-state index in [1.165, 1.54) is 6.07 Å². The summed E-state index contributed by atoms with van der Waals surface area (Å²) in [6, 6.07) is 14.3. The van der Waals surface area contributed by atoms with Crippen LogP contribution in [0.25, 0.3) is 10.9 Å². The minimum Gasteiger partial charge on any atom is -0.324 e. The van der Waals surface area contributed by atoms with Crippen molar-refractivity contribution in [2.24, 2.45) is 5.73 Å². The molecule has 0 fully saturated rings. The SMILES string of the molecule is NC(Cc1ccc(Cl)c(F)c1)c1cccc2ncccc12. The highest BCUT2D eigenvalue weighted by Gasteiger charge is 2.12. The molecule has 0 radical (unpaired) electrons. The molecule has 2 N–H and O–H groups in total. The number of benzene rings is 2. The third-order valence-electron chi connectivity index (χ3n) is 3.52. The zero-order valence-electron chi connectivity index (χ0n) is 11.3. The van der Waals surface area contributed by atoms with Gasteiger partial charge in [-0.3, -0.25) is 4.98 Å². The van der Waals surface area contributed by atoms with Gasteiger partial charge in [-0.15, -0.1) is 0 Å². The fourth-order valence-electron chi connectivity index (χ4n) is 2.48. The van der Waals surface area contributed by atoms with E-state index in [0.29, 0.717) is 6.42 Å². The summed E-state index contributed by atoms with van der Waals surface area (Å²) in [5.74, 6) is -0.416. The Morgan fingerprint density at radius 2 is 2.00 bits per heavy atom. The summed E-state index contributed by atoms with van der Waals surface area (Å²) < 4.78 is 13.5. The molecule has 1 heterocycles. The van der Waals surface area contributed by atoms with Crippen LogP contribution in [0, 0.1) is 5.82 Å². The van der Waals surface area contributed by atoms with Crippen molar-refractivity contribution >= 4 is 22.5 Å². The summed E-state index contributed by atoms with van der Waals surface area (Å²) >= 11 is 5.70. The molecule has 1 aromatic heterocycles. The van der Waals surface area contributed by atoms with Crippen LogP contribution in [-0.4, -0.2) is 4.98 Å². The lowest BCUT2D eigenvalue weighted by Gasteiger charge is -2.15. The Balaban J connectivity index is 1.93. The summed E-state index contributed by atoms with van der Waals surface area (Å²) in [6.07, 6.45) is 2.30. The third-order valence-corrected chi connectivity index (χ3v) is 3.83. The third kappa shape index (κ3) is 2.89. The first-order valence-electron chi connectivity index (χ1n) is 6.68. The van der Waals surface area contributed by atoms with Gasteiger partial charge in [0.2, 0.25) is 0 Å². The summed E-state index contributed by atoms with van der Waals surface area (Å²) in [5.41, 5.74) is 9.04. The lowest BCUT2D eigenvalue weighted by molar-refractivity contribution is 0.622. The van der Waals surface area contributed by atoms with Crippen molar-refractivity contribution in [2.45, 2.75) is 12.5 Å². The first-order valence-corrected chi connectivity index (χ1v) is 7.06. The van der Waals surface area contributed by atoms with E-state index < -0.39 is 5.82 Å². The van der Waals surface area contributed by atoms with Crippen molar-refractivity contribution in [2.75, 3.05) is 0 Å². The molecule has 0 saturated heterocycles. The van der Waals surface area contributed by atoms with Gasteiger partial charge in [0, 0.05) is 17.6 Å². The largest absolute Gasteiger partial charge is 0.324 e. The Morgan fingerprint density at radius 3 is 2.81 bits per heavy atom. The fraction of sp³-hybridized carbons (Fsp3) is 0.118. The number of pyridine rings is 1. The fourth-order valence-corrected chi connectivity index (χ4v) is 2.60. The van der Waals surface area contributed by atoms with Crippen LogP contribution in [0.2, 0.25) is 5.02 Å². The molecule has 4 heteroatoms. The van der Waals surface area contributed by atoms with Crippen molar-refractivity contribution in [3.05, 3.63) is 76.7 Å². The van der Waals surface area contributed by atoms with Crippen LogP contribution >= 0.6 is 11.6 Å². The summed E-state index contributed by atoms with van der Waals surface area (Å²) in [4.78, 5) is 4.32. The number of nitrogens with zero attached hydrogens (tertiary/aromatic N) is 1. The van der Waals surface area contributed by atoms with Crippen molar-refractivity contribution in [1.29, 1.82) is 0 Å². The molecule has 0 spiro atoms. The van der Waals surface area contributed by atoms with E-state index in [1.54, 1.807) is 18.3 Å². The number of hydrogen-bond acceptors (Lipinski definition) is 2. The van der Waals surface area contributed by atoms with Crippen LogP contribution < -0.4 is 5.73 Å². The molecule has 0 aliphatic rings. The Bertz CT molecular complexity index is 783. The van der Waals surface area contributed by atoms with Gasteiger partial charge in [0.25, 0.3) is 0 Å². The van der Waals surface area contributed by atoms with E-state index in [1.807, 2.05) is 30.3 Å². The number of halogens is 2. The molecule has 0 amide bonds. The quantitative estimate of drug-likeness (QED) is 0.784. The molecular weight excluding hydrogens is 287 g/mol. The van der Waals surface area contributed by atoms with Crippen molar-refractivity contribution in [1.82, 2.24) is 4.98 Å². The molecule has 2 aromatic carbocycles. The van der Waals surface area contributed by atoms with Gasteiger partial charge in [0.05, 0.1) is 10.5 Å². The summed E-state index contributed by atoms with van der Waals surface area (Å²) in [6.45, 7) is 0. The van der Waals surface area contributed by atoms with Crippen LogP contribution in [-0.2, 0) is 6.42 Å². The van der Waals surface area contributed by atoms with E-state index in [0.717, 1.165) is 22.0 Å². The molecule has 3 aromatic rings. The average molecular weight is 301 g/mol. The molecule has 0 bridgehead atoms. The maximum Gasteiger partial charge on any atom is 0.142 e. The summed E-state index contributed by atoms with van der Waals surface area (Å²) in [5, 5.41) is 1.16. The van der Waals surface area contributed by atoms with Gasteiger partial charge >= 0.3 is 0 Å². The lowest BCUT2D eigenvalue weighted by atomic mass is 9.96. The summed E-state index contributed by atoms with van der Waals surface area (Å²) in [7, 11) is 0. The van der Waals surface area contributed by atoms with E-state index in [2.05, 4.69) is 4.98 Å². The van der Waals surface area contributed by atoms with Crippen LogP contribution in [0.1, 0.15) is 17.2 Å². The highest BCUT2D eigenvalue weighted by molar-refractivity contribution is 6.30. The van der Waals surface area contributed by atoms with Gasteiger partial charge in [0.1, 0.15) is 5.82 Å². The topological polar surface area (TPSA) is 38.9 Å². The van der Waals surface area contributed by atoms with E-state index >= 15 is 0 Å². The zero-order chi connectivity index (χ0) is 14.8. The van der Waals surface area contributed by atoms with Crippen LogP contribution in [0.3, 0.4) is 0 Å². The molecule has 0 aliphatic carbocycles. The number of aromatic nitrogens is 1. The maximum absolute atomic E-state index is 13.5. The molecule has 21 heavy (non-hydrogen) atoms. The monoisotopic (exact) mass is 300 g/mol. The minimum absolute atomic E-state index is 0.127. The average Bonchev–Trinajstić information content (AvgIpc) is 2.50. The molecule has 0 saturated carbocycles. The maximum atomic E-state index is 13.5. The normalized spacial score (nSPS) is 12.5. The zero-order valence-corrected chi connectivity index (χ0v) is 12.0. The van der Waals surface area contributed by atoms with E-state index in [9.17, 15) is 4.39 Å². The molecule has 3 rings (SSSR count). The highest BCUT2D eigenvalue weighted by Crippen LogP contribution is 2.25. The standard InChI is InChI=1S/C17H14ClFN2/c18-14-7-6-11(9-15(14)19)10-16(20)12-3-1-5-17-13(12)4-2-8-21-17/h1-9,16H,10,20H2. The Hall–Kier alpha value is -1.97. The van der Waals surface area contributed by atoms with E-state index in [4.69, 9.17) is 17.3 Å². The van der Waals surface area contributed by atoms with Gasteiger partial charge < -0.3 is 5.73 Å². The van der Waals surface area contributed by atoms with Gasteiger partial charge in [-0.2, -0.15) is 0 Å².